The maximum atomic E-state index is 12.4. The second-order valence-corrected chi connectivity index (χ2v) is 2.44. The third kappa shape index (κ3) is 1.77. The first-order chi connectivity index (χ1) is 6.57. The Kier molecular flexibility index (Phi) is 2.92. The van der Waals surface area contributed by atoms with E-state index in [1.54, 1.807) is 0 Å². The highest BCUT2D eigenvalue weighted by atomic mass is 19.3. The number of nitrogens with two attached hydrogens (primary N) is 1. The van der Waals surface area contributed by atoms with Gasteiger partial charge in [-0.3, -0.25) is 16.0 Å². The Morgan fingerprint density at radius 3 is 2.57 bits per heavy atom. The van der Waals surface area contributed by atoms with Crippen molar-refractivity contribution in [1.82, 2.24) is 0 Å². The van der Waals surface area contributed by atoms with Crippen molar-refractivity contribution < 1.29 is 13.7 Å². The molecule has 0 radical (unpaired) electrons. The number of benzene rings is 1. The molecule has 0 spiro atoms. The normalized spacial score (nSPS) is 10.3. The van der Waals surface area contributed by atoms with Crippen LogP contribution in [0.3, 0.4) is 0 Å². The van der Waals surface area contributed by atoms with E-state index < -0.39 is 22.6 Å². The first-order valence-electron chi connectivity index (χ1n) is 3.60. The molecule has 0 aliphatic heterocycles. The number of halogens is 2. The highest BCUT2D eigenvalue weighted by Crippen LogP contribution is 2.34. The van der Waals surface area contributed by atoms with Gasteiger partial charge in [0.15, 0.2) is 0 Å². The number of nitrogens with zero attached hydrogens (tertiary/aromatic N) is 1. The summed E-state index contributed by atoms with van der Waals surface area (Å²) in [5.74, 6) is 4.95. The number of nitro groups is 1. The number of hydrogen-bond donors (Lipinski definition) is 2. The second kappa shape index (κ2) is 3.97. The molecular weight excluding hydrogens is 196 g/mol. The van der Waals surface area contributed by atoms with E-state index in [4.69, 9.17) is 5.84 Å². The minimum Gasteiger partial charge on any atom is -0.323 e. The Labute approximate surface area is 77.6 Å². The Bertz CT molecular complexity index is 357. The molecule has 0 saturated carbocycles. The van der Waals surface area contributed by atoms with Gasteiger partial charge in [0.25, 0.3) is 12.1 Å². The smallest absolute Gasteiger partial charge is 0.280 e. The van der Waals surface area contributed by atoms with Crippen LogP contribution in [0.5, 0.6) is 0 Å². The van der Waals surface area contributed by atoms with Gasteiger partial charge < -0.3 is 5.43 Å². The van der Waals surface area contributed by atoms with Crippen molar-refractivity contribution in [2.45, 2.75) is 6.43 Å². The molecule has 76 valence electrons. The molecular formula is C7H7F2N3O2. The molecule has 0 heterocycles. The van der Waals surface area contributed by atoms with Gasteiger partial charge in [-0.1, -0.05) is 6.07 Å². The zero-order valence-corrected chi connectivity index (χ0v) is 6.91. The molecule has 1 aromatic rings. The first-order valence-corrected chi connectivity index (χ1v) is 3.60. The van der Waals surface area contributed by atoms with E-state index in [1.165, 1.54) is 12.1 Å². The van der Waals surface area contributed by atoms with Gasteiger partial charge in [-0.05, 0) is 6.07 Å². The number of anilines is 1. The van der Waals surface area contributed by atoms with E-state index in [9.17, 15) is 18.9 Å². The van der Waals surface area contributed by atoms with Crippen LogP contribution in [0.25, 0.3) is 0 Å². The van der Waals surface area contributed by atoms with Crippen molar-refractivity contribution in [2.75, 3.05) is 5.43 Å². The topological polar surface area (TPSA) is 81.2 Å². The highest BCUT2D eigenvalue weighted by molar-refractivity contribution is 5.60. The molecule has 1 aromatic carbocycles. The third-order valence-electron chi connectivity index (χ3n) is 1.65. The lowest BCUT2D eigenvalue weighted by molar-refractivity contribution is -0.386. The summed E-state index contributed by atoms with van der Waals surface area (Å²) < 4.78 is 24.9. The van der Waals surface area contributed by atoms with Crippen LogP contribution in [0.2, 0.25) is 0 Å². The van der Waals surface area contributed by atoms with Crippen LogP contribution < -0.4 is 11.3 Å². The largest absolute Gasteiger partial charge is 0.323 e. The Morgan fingerprint density at radius 2 is 2.14 bits per heavy atom. The average Bonchev–Trinajstić information content (AvgIpc) is 2.16. The third-order valence-corrected chi connectivity index (χ3v) is 1.65. The Hall–Kier alpha value is -1.76. The van der Waals surface area contributed by atoms with Crippen molar-refractivity contribution in [2.24, 2.45) is 5.84 Å². The molecule has 0 amide bonds. The standard InChI is InChI=1S/C7H7F2N3O2/c8-7(9)6-4(11-10)2-1-3-5(6)12(13)14/h1-3,7,11H,10H2. The molecule has 7 heteroatoms. The first kappa shape index (κ1) is 10.3. The molecule has 0 atom stereocenters. The average molecular weight is 203 g/mol. The molecule has 5 nitrogen and oxygen atoms in total. The maximum absolute atomic E-state index is 12.4. The van der Waals surface area contributed by atoms with E-state index in [-0.39, 0.29) is 5.69 Å². The van der Waals surface area contributed by atoms with E-state index in [0.717, 1.165) is 6.07 Å². The van der Waals surface area contributed by atoms with Crippen molar-refractivity contribution in [1.29, 1.82) is 0 Å². The molecule has 0 fully saturated rings. The number of hydrazine groups is 1. The maximum Gasteiger partial charge on any atom is 0.280 e. The molecule has 14 heavy (non-hydrogen) atoms. The predicted molar refractivity (Wildman–Crippen MR) is 45.9 cm³/mol. The van der Waals surface area contributed by atoms with E-state index in [0.29, 0.717) is 0 Å². The lowest BCUT2D eigenvalue weighted by Crippen LogP contribution is -2.10. The van der Waals surface area contributed by atoms with Gasteiger partial charge in [-0.15, -0.1) is 0 Å². The van der Waals surface area contributed by atoms with Gasteiger partial charge in [0.05, 0.1) is 10.6 Å². The molecule has 0 aromatic heterocycles. The molecule has 1 rings (SSSR count). The number of hydrogen-bond acceptors (Lipinski definition) is 4. The van der Waals surface area contributed by atoms with Crippen LogP contribution in [0.4, 0.5) is 20.2 Å². The lowest BCUT2D eigenvalue weighted by Gasteiger charge is -2.07. The number of nitro benzene ring substituents is 1. The predicted octanol–water partition coefficient (Wildman–Crippen LogP) is 1.82. The molecule has 0 unspecified atom stereocenters. The van der Waals surface area contributed by atoms with Crippen molar-refractivity contribution >= 4 is 11.4 Å². The van der Waals surface area contributed by atoms with Crippen molar-refractivity contribution in [3.05, 3.63) is 33.9 Å². The fourth-order valence-electron chi connectivity index (χ4n) is 1.07. The van der Waals surface area contributed by atoms with Gasteiger partial charge in [-0.25, -0.2) is 8.78 Å². The summed E-state index contributed by atoms with van der Waals surface area (Å²) in [7, 11) is 0. The van der Waals surface area contributed by atoms with Crippen LogP contribution in [0, 0.1) is 10.1 Å². The highest BCUT2D eigenvalue weighted by Gasteiger charge is 2.24. The summed E-state index contributed by atoms with van der Waals surface area (Å²) in [5, 5.41) is 10.4. The number of nitrogens with one attached hydrogen (secondary N) is 1. The summed E-state index contributed by atoms with van der Waals surface area (Å²) in [6, 6.07) is 3.52. The Balaban J connectivity index is 3.35. The molecule has 0 aliphatic rings. The molecule has 0 aliphatic carbocycles. The van der Waals surface area contributed by atoms with Crippen LogP contribution in [-0.4, -0.2) is 4.92 Å². The van der Waals surface area contributed by atoms with E-state index in [1.807, 2.05) is 5.43 Å². The Morgan fingerprint density at radius 1 is 1.50 bits per heavy atom. The fourth-order valence-corrected chi connectivity index (χ4v) is 1.07. The SMILES string of the molecule is NNc1cccc([N+](=O)[O-])c1C(F)F. The van der Waals surface area contributed by atoms with Crippen molar-refractivity contribution in [3.8, 4) is 0 Å². The van der Waals surface area contributed by atoms with Gasteiger partial charge in [0.1, 0.15) is 5.56 Å². The molecule has 0 saturated heterocycles. The molecule has 3 N–H and O–H groups in total. The van der Waals surface area contributed by atoms with Crippen LogP contribution in [-0.2, 0) is 0 Å². The summed E-state index contributed by atoms with van der Waals surface area (Å²) >= 11 is 0. The van der Waals surface area contributed by atoms with Gasteiger partial charge in [-0.2, -0.15) is 0 Å². The van der Waals surface area contributed by atoms with Gasteiger partial charge in [0.2, 0.25) is 0 Å². The number of rotatable bonds is 3. The zero-order valence-electron chi connectivity index (χ0n) is 6.91. The molecule has 0 bridgehead atoms. The fraction of sp³-hybridized carbons (Fsp3) is 0.143. The minimum atomic E-state index is -2.94. The summed E-state index contributed by atoms with van der Waals surface area (Å²) in [6.45, 7) is 0. The lowest BCUT2D eigenvalue weighted by atomic mass is 10.1. The zero-order chi connectivity index (χ0) is 10.7. The second-order valence-electron chi connectivity index (χ2n) is 2.44. The van der Waals surface area contributed by atoms with Gasteiger partial charge in [0, 0.05) is 6.07 Å². The monoisotopic (exact) mass is 203 g/mol. The van der Waals surface area contributed by atoms with Crippen molar-refractivity contribution in [3.63, 3.8) is 0 Å². The minimum absolute atomic E-state index is 0.144. The van der Waals surface area contributed by atoms with Gasteiger partial charge >= 0.3 is 0 Å². The quantitative estimate of drug-likeness (QED) is 0.446. The number of alkyl halides is 2. The van der Waals surface area contributed by atoms with Crippen LogP contribution >= 0.6 is 0 Å². The number of nitrogen functional groups attached to an aromatic ring is 1. The summed E-state index contributed by atoms with van der Waals surface area (Å²) in [4.78, 5) is 9.53. The van der Waals surface area contributed by atoms with Crippen LogP contribution in [0.1, 0.15) is 12.0 Å². The van der Waals surface area contributed by atoms with Crippen LogP contribution in [0.15, 0.2) is 18.2 Å². The van der Waals surface area contributed by atoms with E-state index >= 15 is 0 Å². The summed E-state index contributed by atoms with van der Waals surface area (Å²) in [5.41, 5.74) is 0.506. The van der Waals surface area contributed by atoms with E-state index in [2.05, 4.69) is 0 Å². The summed E-state index contributed by atoms with van der Waals surface area (Å²) in [6.07, 6.45) is -2.94.